The van der Waals surface area contributed by atoms with E-state index in [1.807, 2.05) is 13.0 Å². The topological polar surface area (TPSA) is 160 Å². The summed E-state index contributed by atoms with van der Waals surface area (Å²) in [6.07, 6.45) is 1.79. The van der Waals surface area contributed by atoms with E-state index in [1.54, 1.807) is 7.11 Å². The first-order valence-electron chi connectivity index (χ1n) is 12.2. The van der Waals surface area contributed by atoms with Gasteiger partial charge in [-0.1, -0.05) is 39.3 Å². The monoisotopic (exact) mass is 599 g/mol. The van der Waals surface area contributed by atoms with E-state index < -0.39 is 5.91 Å². The fourth-order valence-electron chi connectivity index (χ4n) is 3.91. The highest BCUT2D eigenvalue weighted by Crippen LogP contribution is 2.45. The number of phenols is 1. The molecule has 1 aromatic carbocycles. The molecular formula is C25H39BrClN7O3. The van der Waals surface area contributed by atoms with Gasteiger partial charge in [0, 0.05) is 36.3 Å². The van der Waals surface area contributed by atoms with E-state index in [1.165, 1.54) is 0 Å². The molecule has 8 N–H and O–H groups in total. The van der Waals surface area contributed by atoms with Crippen LogP contribution in [0.3, 0.4) is 0 Å². The maximum atomic E-state index is 12.3. The molecule has 0 bridgehead atoms. The maximum Gasteiger partial charge on any atom is 0.273 e. The molecule has 0 saturated carbocycles. The molecule has 0 aliphatic carbocycles. The maximum absolute atomic E-state index is 12.3. The van der Waals surface area contributed by atoms with E-state index in [2.05, 4.69) is 69.5 Å². The molecule has 206 valence electrons. The van der Waals surface area contributed by atoms with Crippen LogP contribution in [0, 0.1) is 0 Å². The third kappa shape index (κ3) is 8.07. The van der Waals surface area contributed by atoms with Crippen molar-refractivity contribution < 1.29 is 14.6 Å². The fourth-order valence-corrected chi connectivity index (χ4v) is 4.64. The van der Waals surface area contributed by atoms with Crippen LogP contribution in [-0.4, -0.2) is 53.8 Å². The van der Waals surface area contributed by atoms with Gasteiger partial charge in [0.15, 0.2) is 22.5 Å². The van der Waals surface area contributed by atoms with Gasteiger partial charge in [-0.3, -0.25) is 4.79 Å². The number of halogens is 2. The van der Waals surface area contributed by atoms with Crippen molar-refractivity contribution in [3.8, 4) is 11.5 Å². The number of benzene rings is 1. The summed E-state index contributed by atoms with van der Waals surface area (Å²) in [4.78, 5) is 20.1. The van der Waals surface area contributed by atoms with Crippen LogP contribution < -0.4 is 32.2 Å². The van der Waals surface area contributed by atoms with Crippen LogP contribution in [0.1, 0.15) is 75.1 Å². The third-order valence-electron chi connectivity index (χ3n) is 6.10. The molecule has 2 unspecified atom stereocenters. The van der Waals surface area contributed by atoms with Crippen molar-refractivity contribution in [2.45, 2.75) is 65.0 Å². The summed E-state index contributed by atoms with van der Waals surface area (Å²) >= 11 is 9.35. The number of nitrogens with zero attached hydrogens (tertiary/aromatic N) is 2. The Kier molecular flexibility index (Phi) is 11.2. The van der Waals surface area contributed by atoms with E-state index in [-0.39, 0.29) is 45.7 Å². The van der Waals surface area contributed by atoms with Gasteiger partial charge in [-0.25, -0.2) is 9.97 Å². The van der Waals surface area contributed by atoms with Crippen LogP contribution in [0.2, 0.25) is 5.15 Å². The summed E-state index contributed by atoms with van der Waals surface area (Å²) in [5.41, 5.74) is 12.9. The molecule has 0 aliphatic rings. The highest BCUT2D eigenvalue weighted by Gasteiger charge is 2.26. The van der Waals surface area contributed by atoms with Gasteiger partial charge < -0.3 is 37.3 Å². The molecule has 2 rings (SSSR count). The molecule has 1 amide bonds. The molecule has 0 fully saturated rings. The highest BCUT2D eigenvalue weighted by molar-refractivity contribution is 9.10. The Hall–Kier alpha value is -2.34. The van der Waals surface area contributed by atoms with Gasteiger partial charge in [-0.15, -0.1) is 0 Å². The Balaban J connectivity index is 1.88. The van der Waals surface area contributed by atoms with E-state index in [0.29, 0.717) is 23.3 Å². The second-order valence-electron chi connectivity index (χ2n) is 9.87. The summed E-state index contributed by atoms with van der Waals surface area (Å²) < 4.78 is 6.13. The van der Waals surface area contributed by atoms with Gasteiger partial charge in [0.05, 0.1) is 7.11 Å². The van der Waals surface area contributed by atoms with Crippen molar-refractivity contribution in [1.82, 2.24) is 25.9 Å². The number of nitrogen functional groups attached to an aromatic ring is 2. The number of hydrogen-bond donors (Lipinski definition) is 6. The number of amides is 1. The quantitative estimate of drug-likeness (QED) is 0.199. The Morgan fingerprint density at radius 2 is 1.86 bits per heavy atom. The number of phenolic OH excluding ortho intramolecular Hbond substituents is 1. The summed E-state index contributed by atoms with van der Waals surface area (Å²) in [7, 11) is 1.61. The summed E-state index contributed by atoms with van der Waals surface area (Å²) in [5.74, 6) is 0.285. The van der Waals surface area contributed by atoms with Crippen molar-refractivity contribution >= 4 is 45.1 Å². The SMILES string of the molecule is CCC(CCNC(C)c1cc(C(C)(C)C)c(OC)c(Br)c1O)NCCNC(=O)c1nc(Cl)c(N)nc1N. The predicted octanol–water partition coefficient (Wildman–Crippen LogP) is 3.91. The van der Waals surface area contributed by atoms with Crippen molar-refractivity contribution in [2.24, 2.45) is 0 Å². The lowest BCUT2D eigenvalue weighted by atomic mass is 9.84. The molecular weight excluding hydrogens is 562 g/mol. The van der Waals surface area contributed by atoms with Gasteiger partial charge in [0.1, 0.15) is 16.0 Å². The van der Waals surface area contributed by atoms with Crippen LogP contribution in [0.4, 0.5) is 11.6 Å². The van der Waals surface area contributed by atoms with Crippen LogP contribution in [0.15, 0.2) is 10.5 Å². The standard InChI is InChI=1S/C25H39BrClN7O3/c1-7-14(31-10-11-32-24(36)18-22(28)34-23(29)21(27)33-18)8-9-30-13(2)15-12-16(25(3,4)5)20(37-6)17(26)19(15)35/h12-14,30-31,35H,7-11H2,1-6H3,(H,32,36)(H4,28,29,34). The minimum atomic E-state index is -0.461. The average Bonchev–Trinajstić information content (AvgIpc) is 2.83. The fraction of sp³-hybridized carbons (Fsp3) is 0.560. The van der Waals surface area contributed by atoms with Gasteiger partial charge in [0.2, 0.25) is 0 Å². The Labute approximate surface area is 232 Å². The minimum absolute atomic E-state index is 0.0180. The van der Waals surface area contributed by atoms with Crippen molar-refractivity contribution in [3.05, 3.63) is 32.5 Å². The number of aromatic hydroxyl groups is 1. The lowest BCUT2D eigenvalue weighted by Crippen LogP contribution is -2.38. The van der Waals surface area contributed by atoms with E-state index in [9.17, 15) is 9.90 Å². The summed E-state index contributed by atoms with van der Waals surface area (Å²) in [6, 6.07) is 2.19. The number of rotatable bonds is 12. The number of nitrogens with one attached hydrogen (secondary N) is 3. The first-order chi connectivity index (χ1) is 17.3. The molecule has 10 nitrogen and oxygen atoms in total. The second kappa shape index (κ2) is 13.5. The van der Waals surface area contributed by atoms with Crippen molar-refractivity contribution in [2.75, 3.05) is 38.2 Å². The number of aromatic nitrogens is 2. The van der Waals surface area contributed by atoms with Crippen LogP contribution in [0.25, 0.3) is 0 Å². The highest BCUT2D eigenvalue weighted by atomic mass is 79.9. The number of carbonyl (C=O) groups excluding carboxylic acids is 1. The number of anilines is 2. The summed E-state index contributed by atoms with van der Waals surface area (Å²) in [6.45, 7) is 12.2. The zero-order valence-corrected chi connectivity index (χ0v) is 24.7. The van der Waals surface area contributed by atoms with Crippen LogP contribution >= 0.6 is 27.5 Å². The first kappa shape index (κ1) is 30.9. The molecule has 0 spiro atoms. The molecule has 2 aromatic rings. The van der Waals surface area contributed by atoms with Crippen LogP contribution in [0.5, 0.6) is 11.5 Å². The van der Waals surface area contributed by atoms with Gasteiger partial charge in [-0.2, -0.15) is 0 Å². The van der Waals surface area contributed by atoms with Crippen molar-refractivity contribution in [3.63, 3.8) is 0 Å². The molecule has 1 heterocycles. The lowest BCUT2D eigenvalue weighted by molar-refractivity contribution is 0.0949. The second-order valence-corrected chi connectivity index (χ2v) is 11.0. The third-order valence-corrected chi connectivity index (χ3v) is 7.12. The van der Waals surface area contributed by atoms with E-state index >= 15 is 0 Å². The number of methoxy groups -OCH3 is 1. The molecule has 0 saturated heterocycles. The normalized spacial score (nSPS) is 13.3. The number of nitrogens with two attached hydrogens (primary N) is 2. The van der Waals surface area contributed by atoms with Gasteiger partial charge in [0.25, 0.3) is 5.91 Å². The summed E-state index contributed by atoms with van der Waals surface area (Å²) in [5, 5.41) is 20.5. The number of carbonyl (C=O) groups is 1. The molecule has 1 aromatic heterocycles. The Morgan fingerprint density at radius 3 is 2.46 bits per heavy atom. The Bertz CT molecular complexity index is 1100. The van der Waals surface area contributed by atoms with Crippen molar-refractivity contribution in [1.29, 1.82) is 0 Å². The smallest absolute Gasteiger partial charge is 0.273 e. The first-order valence-corrected chi connectivity index (χ1v) is 13.4. The molecule has 0 aliphatic heterocycles. The molecule has 12 heteroatoms. The largest absolute Gasteiger partial charge is 0.506 e. The lowest BCUT2D eigenvalue weighted by Gasteiger charge is -2.27. The number of hydrogen-bond acceptors (Lipinski definition) is 9. The van der Waals surface area contributed by atoms with Gasteiger partial charge in [-0.05, 0) is 53.7 Å². The van der Waals surface area contributed by atoms with E-state index in [0.717, 1.165) is 30.5 Å². The van der Waals surface area contributed by atoms with Crippen LogP contribution in [-0.2, 0) is 5.41 Å². The zero-order valence-electron chi connectivity index (χ0n) is 22.3. The predicted molar refractivity (Wildman–Crippen MR) is 152 cm³/mol. The zero-order chi connectivity index (χ0) is 27.9. The van der Waals surface area contributed by atoms with E-state index in [4.69, 9.17) is 27.8 Å². The minimum Gasteiger partial charge on any atom is -0.506 e. The Morgan fingerprint density at radius 1 is 1.19 bits per heavy atom. The number of ether oxygens (including phenoxy) is 1. The molecule has 37 heavy (non-hydrogen) atoms. The average molecular weight is 601 g/mol. The molecule has 0 radical (unpaired) electrons. The van der Waals surface area contributed by atoms with Gasteiger partial charge >= 0.3 is 0 Å². The molecule has 2 atom stereocenters.